The highest BCUT2D eigenvalue weighted by Gasteiger charge is 2.27. The van der Waals surface area contributed by atoms with Crippen molar-refractivity contribution in [1.29, 1.82) is 0 Å². The van der Waals surface area contributed by atoms with E-state index in [1.807, 2.05) is 18.3 Å². The number of aromatic nitrogens is 3. The second kappa shape index (κ2) is 4.58. The Morgan fingerprint density at radius 3 is 2.70 bits per heavy atom. The molecule has 2 heterocycles. The Morgan fingerprint density at radius 1 is 1.25 bits per heavy atom. The van der Waals surface area contributed by atoms with Crippen molar-refractivity contribution in [1.82, 2.24) is 14.6 Å². The molecule has 2 aromatic rings. The van der Waals surface area contributed by atoms with Crippen LogP contribution in [0.5, 0.6) is 0 Å². The van der Waals surface area contributed by atoms with Crippen molar-refractivity contribution in [3.05, 3.63) is 24.2 Å². The Bertz CT molecular complexity index is 655. The van der Waals surface area contributed by atoms with Gasteiger partial charge in [-0.2, -0.15) is 5.10 Å². The van der Waals surface area contributed by atoms with Gasteiger partial charge in [-0.1, -0.05) is 12.8 Å². The Morgan fingerprint density at radius 2 is 2.05 bits per heavy atom. The van der Waals surface area contributed by atoms with Crippen LogP contribution in [0.2, 0.25) is 0 Å². The van der Waals surface area contributed by atoms with Crippen molar-refractivity contribution in [3.8, 4) is 0 Å². The van der Waals surface area contributed by atoms with Gasteiger partial charge in [0, 0.05) is 18.0 Å². The summed E-state index contributed by atoms with van der Waals surface area (Å²) in [5.74, 6) is 1.73. The molecule has 2 aliphatic carbocycles. The average Bonchev–Trinajstić information content (AvgIpc) is 2.68. The van der Waals surface area contributed by atoms with E-state index in [-0.39, 0.29) is 11.8 Å². The zero-order valence-electron chi connectivity index (χ0n) is 11.4. The molecule has 5 nitrogen and oxygen atoms in total. The Labute approximate surface area is 117 Å². The number of hydrogen-bond donors (Lipinski definition) is 1. The lowest BCUT2D eigenvalue weighted by Crippen LogP contribution is -2.28. The minimum Gasteiger partial charge on any atom is -0.323 e. The minimum atomic E-state index is 0.123. The summed E-state index contributed by atoms with van der Waals surface area (Å²) in [6.07, 6.45) is 8.71. The minimum absolute atomic E-state index is 0.123. The Hall–Kier alpha value is -1.91. The van der Waals surface area contributed by atoms with Gasteiger partial charge in [0.25, 0.3) is 0 Å². The van der Waals surface area contributed by atoms with Gasteiger partial charge in [0.1, 0.15) is 0 Å². The van der Waals surface area contributed by atoms with Crippen molar-refractivity contribution in [2.24, 2.45) is 5.92 Å². The molecule has 0 bridgehead atoms. The van der Waals surface area contributed by atoms with Gasteiger partial charge in [-0.05, 0) is 37.8 Å². The van der Waals surface area contributed by atoms with Gasteiger partial charge in [-0.15, -0.1) is 0 Å². The monoisotopic (exact) mass is 270 g/mol. The molecule has 0 atom stereocenters. The van der Waals surface area contributed by atoms with E-state index >= 15 is 0 Å². The van der Waals surface area contributed by atoms with E-state index in [0.717, 1.165) is 30.0 Å². The van der Waals surface area contributed by atoms with Crippen LogP contribution in [0.15, 0.2) is 18.3 Å². The number of amides is 1. The number of rotatable bonds is 3. The number of fused-ring (bicyclic) bond motifs is 1. The summed E-state index contributed by atoms with van der Waals surface area (Å²) < 4.78 is 1.78. The van der Waals surface area contributed by atoms with E-state index in [2.05, 4.69) is 15.4 Å². The molecule has 0 saturated heterocycles. The van der Waals surface area contributed by atoms with Gasteiger partial charge in [0.2, 0.25) is 5.91 Å². The third kappa shape index (κ3) is 1.88. The maximum absolute atomic E-state index is 12.1. The molecule has 0 radical (unpaired) electrons. The van der Waals surface area contributed by atoms with Crippen molar-refractivity contribution >= 4 is 17.2 Å². The molecule has 2 saturated carbocycles. The molecule has 0 aliphatic heterocycles. The highest BCUT2D eigenvalue weighted by Crippen LogP contribution is 2.35. The predicted molar refractivity (Wildman–Crippen MR) is 75.5 cm³/mol. The Kier molecular flexibility index (Phi) is 2.72. The van der Waals surface area contributed by atoms with Crippen LogP contribution in [0.4, 0.5) is 5.69 Å². The molecule has 104 valence electrons. The topological polar surface area (TPSA) is 59.3 Å². The van der Waals surface area contributed by atoms with E-state index in [9.17, 15) is 4.79 Å². The molecule has 4 rings (SSSR count). The second-order valence-electron chi connectivity index (χ2n) is 5.90. The summed E-state index contributed by atoms with van der Waals surface area (Å²) in [7, 11) is 0. The lowest BCUT2D eigenvalue weighted by atomic mass is 9.85. The maximum atomic E-state index is 12.1. The van der Waals surface area contributed by atoms with Gasteiger partial charge in [0.05, 0.1) is 5.69 Å². The van der Waals surface area contributed by atoms with Gasteiger partial charge in [0.15, 0.2) is 11.5 Å². The SMILES string of the molecule is O=C(Nc1cccn2nc(C3CCC3)nc12)C1CCC1. The molecule has 20 heavy (non-hydrogen) atoms. The van der Waals surface area contributed by atoms with Crippen LogP contribution in [0.1, 0.15) is 50.3 Å². The molecule has 1 amide bonds. The fourth-order valence-corrected chi connectivity index (χ4v) is 2.76. The number of carbonyl (C=O) groups is 1. The fraction of sp³-hybridized carbons (Fsp3) is 0.533. The first-order valence-electron chi connectivity index (χ1n) is 7.47. The number of hydrogen-bond acceptors (Lipinski definition) is 3. The van der Waals surface area contributed by atoms with E-state index in [1.54, 1.807) is 4.52 Å². The third-order valence-electron chi connectivity index (χ3n) is 4.58. The number of carbonyl (C=O) groups excluding carboxylic acids is 1. The van der Waals surface area contributed by atoms with Gasteiger partial charge in [-0.25, -0.2) is 9.50 Å². The Balaban J connectivity index is 1.64. The maximum Gasteiger partial charge on any atom is 0.227 e. The molecular formula is C15H18N4O. The van der Waals surface area contributed by atoms with Gasteiger partial charge >= 0.3 is 0 Å². The van der Waals surface area contributed by atoms with Crippen LogP contribution in [0.3, 0.4) is 0 Å². The zero-order chi connectivity index (χ0) is 13.5. The molecule has 0 spiro atoms. The lowest BCUT2D eigenvalue weighted by Gasteiger charge is -2.24. The largest absolute Gasteiger partial charge is 0.323 e. The summed E-state index contributed by atoms with van der Waals surface area (Å²) in [5, 5.41) is 7.55. The number of nitrogens with one attached hydrogen (secondary N) is 1. The van der Waals surface area contributed by atoms with Crippen LogP contribution in [0, 0.1) is 5.92 Å². The molecule has 2 fully saturated rings. The summed E-state index contributed by atoms with van der Waals surface area (Å²) in [4.78, 5) is 16.7. The van der Waals surface area contributed by atoms with Gasteiger partial charge < -0.3 is 5.32 Å². The van der Waals surface area contributed by atoms with Crippen LogP contribution in [0.25, 0.3) is 5.65 Å². The summed E-state index contributed by atoms with van der Waals surface area (Å²) in [6, 6.07) is 3.81. The summed E-state index contributed by atoms with van der Waals surface area (Å²) >= 11 is 0. The van der Waals surface area contributed by atoms with Crippen LogP contribution >= 0.6 is 0 Å². The van der Waals surface area contributed by atoms with E-state index in [1.165, 1.54) is 25.7 Å². The third-order valence-corrected chi connectivity index (χ3v) is 4.58. The van der Waals surface area contributed by atoms with Gasteiger partial charge in [-0.3, -0.25) is 4.79 Å². The first-order chi connectivity index (χ1) is 9.81. The molecule has 0 aromatic carbocycles. The first-order valence-corrected chi connectivity index (χ1v) is 7.47. The first kappa shape index (κ1) is 11.9. The lowest BCUT2D eigenvalue weighted by molar-refractivity contribution is -0.122. The number of anilines is 1. The van der Waals surface area contributed by atoms with Crippen molar-refractivity contribution in [2.75, 3.05) is 5.32 Å². The number of pyridine rings is 1. The normalized spacial score (nSPS) is 19.6. The molecule has 2 aliphatic rings. The van der Waals surface area contributed by atoms with Crippen LogP contribution in [-0.2, 0) is 4.79 Å². The molecular weight excluding hydrogens is 252 g/mol. The second-order valence-corrected chi connectivity index (χ2v) is 5.90. The quantitative estimate of drug-likeness (QED) is 0.933. The fourth-order valence-electron chi connectivity index (χ4n) is 2.76. The molecule has 5 heteroatoms. The molecule has 2 aromatic heterocycles. The predicted octanol–water partition coefficient (Wildman–Crippen LogP) is 2.74. The van der Waals surface area contributed by atoms with Crippen molar-refractivity contribution in [2.45, 2.75) is 44.4 Å². The van der Waals surface area contributed by atoms with Crippen molar-refractivity contribution in [3.63, 3.8) is 0 Å². The zero-order valence-corrected chi connectivity index (χ0v) is 11.4. The van der Waals surface area contributed by atoms with Crippen LogP contribution < -0.4 is 5.32 Å². The van der Waals surface area contributed by atoms with E-state index in [0.29, 0.717) is 5.92 Å². The molecule has 1 N–H and O–H groups in total. The summed E-state index contributed by atoms with van der Waals surface area (Å²) in [6.45, 7) is 0. The smallest absolute Gasteiger partial charge is 0.227 e. The highest BCUT2D eigenvalue weighted by molar-refractivity contribution is 5.96. The van der Waals surface area contributed by atoms with Crippen LogP contribution in [-0.4, -0.2) is 20.5 Å². The molecule has 0 unspecified atom stereocenters. The average molecular weight is 270 g/mol. The summed E-state index contributed by atoms with van der Waals surface area (Å²) in [5.41, 5.74) is 1.55. The van der Waals surface area contributed by atoms with E-state index < -0.39 is 0 Å². The van der Waals surface area contributed by atoms with Crippen molar-refractivity contribution < 1.29 is 4.79 Å². The standard InChI is InChI=1S/C15H18N4O/c20-15(11-6-2-7-11)16-12-8-3-9-19-14(12)17-13(18-19)10-4-1-5-10/h3,8-11H,1-2,4-7H2,(H,16,20). The number of nitrogens with zero attached hydrogens (tertiary/aromatic N) is 3. The van der Waals surface area contributed by atoms with E-state index in [4.69, 9.17) is 0 Å². The highest BCUT2D eigenvalue weighted by atomic mass is 16.1.